The highest BCUT2D eigenvalue weighted by Gasteiger charge is 2.29. The number of hydrogen-bond acceptors (Lipinski definition) is 5. The summed E-state index contributed by atoms with van der Waals surface area (Å²) in [6, 6.07) is 15.4. The average Bonchev–Trinajstić information content (AvgIpc) is 3.25. The highest BCUT2D eigenvalue weighted by molar-refractivity contribution is 5.94. The molecule has 3 aromatic rings. The van der Waals surface area contributed by atoms with Crippen LogP contribution in [0, 0.1) is 6.92 Å². The third-order valence-corrected chi connectivity index (χ3v) is 5.22. The zero-order chi connectivity index (χ0) is 20.2. The molecule has 4 rings (SSSR count). The predicted molar refractivity (Wildman–Crippen MR) is 110 cm³/mol. The molecular formula is C23H25N3O3. The Morgan fingerprint density at radius 3 is 2.66 bits per heavy atom. The monoisotopic (exact) mass is 391 g/mol. The van der Waals surface area contributed by atoms with Crippen molar-refractivity contribution in [3.63, 3.8) is 0 Å². The Morgan fingerprint density at radius 2 is 1.93 bits per heavy atom. The number of amides is 1. The maximum absolute atomic E-state index is 12.9. The Balaban J connectivity index is 1.45. The molecule has 29 heavy (non-hydrogen) atoms. The summed E-state index contributed by atoms with van der Waals surface area (Å²) in [5, 5.41) is 4.14. The predicted octanol–water partition coefficient (Wildman–Crippen LogP) is 4.46. The molecule has 0 aliphatic carbocycles. The third kappa shape index (κ3) is 4.31. The normalized spacial score (nSPS) is 16.6. The van der Waals surface area contributed by atoms with Gasteiger partial charge >= 0.3 is 0 Å². The van der Waals surface area contributed by atoms with Crippen LogP contribution in [0.4, 0.5) is 0 Å². The van der Waals surface area contributed by atoms with Crippen molar-refractivity contribution < 1.29 is 14.1 Å². The molecule has 0 N–H and O–H groups in total. The summed E-state index contributed by atoms with van der Waals surface area (Å²) >= 11 is 0. The van der Waals surface area contributed by atoms with Crippen molar-refractivity contribution in [2.24, 2.45) is 0 Å². The van der Waals surface area contributed by atoms with Crippen LogP contribution in [0.5, 0.6) is 5.75 Å². The molecule has 1 fully saturated rings. The van der Waals surface area contributed by atoms with E-state index in [1.165, 1.54) is 5.56 Å². The van der Waals surface area contributed by atoms with E-state index in [9.17, 15) is 4.79 Å². The molecule has 6 heteroatoms. The van der Waals surface area contributed by atoms with Crippen LogP contribution in [0.25, 0.3) is 11.4 Å². The van der Waals surface area contributed by atoms with Crippen LogP contribution in [-0.4, -0.2) is 40.6 Å². The van der Waals surface area contributed by atoms with Crippen molar-refractivity contribution in [2.45, 2.75) is 32.6 Å². The third-order valence-electron chi connectivity index (χ3n) is 5.22. The second-order valence-electron chi connectivity index (χ2n) is 7.37. The van der Waals surface area contributed by atoms with Gasteiger partial charge in [0.1, 0.15) is 5.75 Å². The molecule has 1 aliphatic rings. The summed E-state index contributed by atoms with van der Waals surface area (Å²) in [6.45, 7) is 5.91. The molecular weight excluding hydrogens is 366 g/mol. The molecule has 1 aliphatic heterocycles. The average molecular weight is 391 g/mol. The van der Waals surface area contributed by atoms with E-state index in [0.29, 0.717) is 30.4 Å². The SMILES string of the molecule is CCOc1ccc(C(=O)N2CCCC(c3nc(-c4ccc(C)cc4)no3)C2)cc1. The van der Waals surface area contributed by atoms with Gasteiger partial charge in [-0.2, -0.15) is 4.98 Å². The summed E-state index contributed by atoms with van der Waals surface area (Å²) in [7, 11) is 0. The van der Waals surface area contributed by atoms with Crippen molar-refractivity contribution >= 4 is 5.91 Å². The maximum Gasteiger partial charge on any atom is 0.253 e. The van der Waals surface area contributed by atoms with Crippen molar-refractivity contribution in [3.05, 3.63) is 65.5 Å². The van der Waals surface area contributed by atoms with E-state index < -0.39 is 0 Å². The van der Waals surface area contributed by atoms with Crippen LogP contribution < -0.4 is 4.74 Å². The molecule has 1 unspecified atom stereocenters. The number of rotatable bonds is 5. The first-order valence-corrected chi connectivity index (χ1v) is 10.1. The molecule has 0 radical (unpaired) electrons. The molecule has 150 valence electrons. The van der Waals surface area contributed by atoms with Gasteiger partial charge in [0.05, 0.1) is 12.5 Å². The highest BCUT2D eigenvalue weighted by Crippen LogP contribution is 2.28. The van der Waals surface area contributed by atoms with E-state index in [2.05, 4.69) is 10.1 Å². The van der Waals surface area contributed by atoms with Gasteiger partial charge in [-0.25, -0.2) is 0 Å². The number of ether oxygens (including phenoxy) is 1. The number of aromatic nitrogens is 2. The van der Waals surface area contributed by atoms with Crippen LogP contribution in [0.15, 0.2) is 53.1 Å². The van der Waals surface area contributed by atoms with Gasteiger partial charge in [-0.05, 0) is 51.0 Å². The number of carbonyl (C=O) groups excluding carboxylic acids is 1. The smallest absolute Gasteiger partial charge is 0.253 e. The van der Waals surface area contributed by atoms with E-state index in [-0.39, 0.29) is 11.8 Å². The Kier molecular flexibility index (Phi) is 5.60. The van der Waals surface area contributed by atoms with E-state index in [4.69, 9.17) is 9.26 Å². The Morgan fingerprint density at radius 1 is 1.17 bits per heavy atom. The minimum atomic E-state index is 0.0241. The van der Waals surface area contributed by atoms with Crippen LogP contribution in [0.1, 0.15) is 47.5 Å². The van der Waals surface area contributed by atoms with E-state index in [0.717, 1.165) is 30.7 Å². The van der Waals surface area contributed by atoms with Gasteiger partial charge < -0.3 is 14.2 Å². The second kappa shape index (κ2) is 8.47. The van der Waals surface area contributed by atoms with Crippen molar-refractivity contribution in [1.29, 1.82) is 0 Å². The number of likely N-dealkylation sites (tertiary alicyclic amines) is 1. The lowest BCUT2D eigenvalue weighted by molar-refractivity contribution is 0.0695. The molecule has 1 amide bonds. The van der Waals surface area contributed by atoms with Gasteiger partial charge in [-0.15, -0.1) is 0 Å². The van der Waals surface area contributed by atoms with Crippen molar-refractivity contribution in [3.8, 4) is 17.1 Å². The number of aryl methyl sites for hydroxylation is 1. The largest absolute Gasteiger partial charge is 0.494 e. The van der Waals surface area contributed by atoms with Gasteiger partial charge in [-0.3, -0.25) is 4.79 Å². The molecule has 2 heterocycles. The molecule has 0 spiro atoms. The van der Waals surface area contributed by atoms with E-state index in [1.807, 2.05) is 67.3 Å². The molecule has 1 atom stereocenters. The first-order valence-electron chi connectivity index (χ1n) is 10.1. The fraction of sp³-hybridized carbons (Fsp3) is 0.348. The quantitative estimate of drug-likeness (QED) is 0.642. The fourth-order valence-corrected chi connectivity index (χ4v) is 3.63. The summed E-state index contributed by atoms with van der Waals surface area (Å²) in [5.41, 5.74) is 2.79. The first kappa shape index (κ1) is 19.2. The summed E-state index contributed by atoms with van der Waals surface area (Å²) in [6.07, 6.45) is 1.85. The Hall–Kier alpha value is -3.15. The Labute approximate surface area is 170 Å². The van der Waals surface area contributed by atoms with Crippen LogP contribution in [0.3, 0.4) is 0 Å². The topological polar surface area (TPSA) is 68.5 Å². The zero-order valence-corrected chi connectivity index (χ0v) is 16.8. The number of piperidine rings is 1. The standard InChI is InChI=1S/C23H25N3O3/c1-3-28-20-12-10-18(11-13-20)23(27)26-14-4-5-19(15-26)22-24-21(25-29-22)17-8-6-16(2)7-9-17/h6-13,19H,3-5,14-15H2,1-2H3. The van der Waals surface area contributed by atoms with E-state index >= 15 is 0 Å². The molecule has 2 aromatic carbocycles. The van der Waals surface area contributed by atoms with Crippen LogP contribution in [0.2, 0.25) is 0 Å². The number of carbonyl (C=O) groups is 1. The van der Waals surface area contributed by atoms with Crippen LogP contribution >= 0.6 is 0 Å². The van der Waals surface area contributed by atoms with Gasteiger partial charge in [0.2, 0.25) is 11.7 Å². The number of benzene rings is 2. The van der Waals surface area contributed by atoms with Gasteiger partial charge in [0.25, 0.3) is 5.91 Å². The summed E-state index contributed by atoms with van der Waals surface area (Å²) in [4.78, 5) is 19.4. The number of nitrogens with zero attached hydrogens (tertiary/aromatic N) is 3. The van der Waals surface area contributed by atoms with Crippen LogP contribution in [-0.2, 0) is 0 Å². The van der Waals surface area contributed by atoms with Gasteiger partial charge in [0.15, 0.2) is 0 Å². The fourth-order valence-electron chi connectivity index (χ4n) is 3.63. The van der Waals surface area contributed by atoms with Gasteiger partial charge in [-0.1, -0.05) is 35.0 Å². The van der Waals surface area contributed by atoms with Crippen molar-refractivity contribution in [1.82, 2.24) is 15.0 Å². The molecule has 1 aromatic heterocycles. The number of hydrogen-bond donors (Lipinski definition) is 0. The zero-order valence-electron chi connectivity index (χ0n) is 16.8. The second-order valence-corrected chi connectivity index (χ2v) is 7.37. The van der Waals surface area contributed by atoms with E-state index in [1.54, 1.807) is 0 Å². The maximum atomic E-state index is 12.9. The lowest BCUT2D eigenvalue weighted by Crippen LogP contribution is -2.39. The Bertz CT molecular complexity index is 964. The molecule has 1 saturated heterocycles. The molecule has 0 saturated carbocycles. The summed E-state index contributed by atoms with van der Waals surface area (Å²) < 4.78 is 11.0. The summed E-state index contributed by atoms with van der Waals surface area (Å²) in [5.74, 6) is 2.05. The highest BCUT2D eigenvalue weighted by atomic mass is 16.5. The molecule has 6 nitrogen and oxygen atoms in total. The minimum Gasteiger partial charge on any atom is -0.494 e. The van der Waals surface area contributed by atoms with Gasteiger partial charge in [0, 0.05) is 24.2 Å². The minimum absolute atomic E-state index is 0.0241. The van der Waals surface area contributed by atoms with Crippen molar-refractivity contribution in [2.75, 3.05) is 19.7 Å². The molecule has 0 bridgehead atoms. The first-order chi connectivity index (χ1) is 14.1. The lowest BCUT2D eigenvalue weighted by atomic mass is 9.97. The lowest BCUT2D eigenvalue weighted by Gasteiger charge is -2.31.